The molecule has 5 rings (SSSR count). The van der Waals surface area contributed by atoms with Crippen molar-refractivity contribution in [3.63, 3.8) is 0 Å². The molecule has 1 atom stereocenters. The number of anilines is 1. The number of aromatic nitrogens is 1. The lowest BCUT2D eigenvalue weighted by atomic mass is 9.95. The van der Waals surface area contributed by atoms with Crippen molar-refractivity contribution in [2.75, 3.05) is 19.1 Å². The van der Waals surface area contributed by atoms with Gasteiger partial charge >= 0.3 is 5.91 Å². The molecule has 0 bridgehead atoms. The van der Waals surface area contributed by atoms with Crippen LogP contribution in [-0.2, 0) is 9.59 Å². The molecule has 1 saturated heterocycles. The minimum absolute atomic E-state index is 0.00453. The molecule has 1 amide bonds. The van der Waals surface area contributed by atoms with Gasteiger partial charge in [0, 0.05) is 10.0 Å². The zero-order valence-corrected chi connectivity index (χ0v) is 21.1. The third kappa shape index (κ3) is 4.06. The van der Waals surface area contributed by atoms with Gasteiger partial charge in [0.1, 0.15) is 17.3 Å². The highest BCUT2D eigenvalue weighted by Crippen LogP contribution is 2.45. The Kier molecular flexibility index (Phi) is 6.04. The fourth-order valence-electron chi connectivity index (χ4n) is 4.05. The van der Waals surface area contributed by atoms with Gasteiger partial charge in [-0.2, -0.15) is 0 Å². The van der Waals surface area contributed by atoms with E-state index in [2.05, 4.69) is 20.9 Å². The molecule has 35 heavy (non-hydrogen) atoms. The van der Waals surface area contributed by atoms with Gasteiger partial charge in [0.2, 0.25) is 0 Å². The summed E-state index contributed by atoms with van der Waals surface area (Å²) in [5.74, 6) is -0.523. The van der Waals surface area contributed by atoms with Crippen LogP contribution >= 0.6 is 27.3 Å². The van der Waals surface area contributed by atoms with E-state index in [1.807, 2.05) is 30.3 Å². The third-order valence-electron chi connectivity index (χ3n) is 5.76. The third-order valence-corrected chi connectivity index (χ3v) is 7.27. The molecule has 0 aliphatic carbocycles. The second-order valence-corrected chi connectivity index (χ2v) is 9.71. The highest BCUT2D eigenvalue weighted by Gasteiger charge is 2.48. The van der Waals surface area contributed by atoms with E-state index in [9.17, 15) is 14.7 Å². The van der Waals surface area contributed by atoms with Gasteiger partial charge in [-0.3, -0.25) is 14.5 Å². The van der Waals surface area contributed by atoms with Crippen LogP contribution in [0.4, 0.5) is 5.13 Å². The Morgan fingerprint density at radius 2 is 1.71 bits per heavy atom. The number of ether oxygens (including phenoxy) is 2. The Hall–Kier alpha value is -3.69. The minimum atomic E-state index is -0.864. The standard InChI is InChI=1S/C26H19BrN2O5S/c1-33-17-8-6-14(7-9-17)23(30)21-22(15-4-3-5-16(27)12-15)29(25(32)24(21)31)26-28-19-11-10-18(34-2)13-20(19)35-26/h3-13,22,30H,1-2H3/b23-21+. The van der Waals surface area contributed by atoms with Crippen LogP contribution in [0.2, 0.25) is 0 Å². The quantitative estimate of drug-likeness (QED) is 0.195. The molecule has 7 nitrogen and oxygen atoms in total. The van der Waals surface area contributed by atoms with Gasteiger partial charge in [-0.25, -0.2) is 4.98 Å². The Bertz CT molecular complexity index is 1500. The number of carbonyl (C=O) groups is 2. The number of aliphatic hydroxyl groups is 1. The monoisotopic (exact) mass is 550 g/mol. The smallest absolute Gasteiger partial charge is 0.301 e. The van der Waals surface area contributed by atoms with Gasteiger partial charge in [-0.1, -0.05) is 39.4 Å². The van der Waals surface area contributed by atoms with E-state index >= 15 is 0 Å². The molecule has 1 aliphatic rings. The summed E-state index contributed by atoms with van der Waals surface area (Å²) >= 11 is 4.75. The predicted octanol–water partition coefficient (Wildman–Crippen LogP) is 5.70. The number of hydrogen-bond donors (Lipinski definition) is 1. The Morgan fingerprint density at radius 1 is 1.00 bits per heavy atom. The SMILES string of the molecule is COc1ccc(/C(O)=C2\C(=O)C(=O)N(c3nc4ccc(OC)cc4s3)C2c2cccc(Br)c2)cc1. The Labute approximate surface area is 213 Å². The second kappa shape index (κ2) is 9.16. The highest BCUT2D eigenvalue weighted by molar-refractivity contribution is 9.10. The van der Waals surface area contributed by atoms with Gasteiger partial charge in [0.05, 0.1) is 36.1 Å². The number of aliphatic hydroxyl groups excluding tert-OH is 1. The van der Waals surface area contributed by atoms with Crippen molar-refractivity contribution in [3.05, 3.63) is 87.9 Å². The number of benzene rings is 3. The summed E-state index contributed by atoms with van der Waals surface area (Å²) in [6, 6.07) is 18.5. The minimum Gasteiger partial charge on any atom is -0.507 e. The lowest BCUT2D eigenvalue weighted by Crippen LogP contribution is -2.29. The number of methoxy groups -OCH3 is 2. The molecule has 2 heterocycles. The number of ketones is 1. The van der Waals surface area contributed by atoms with Gasteiger partial charge in [-0.15, -0.1) is 0 Å². The second-order valence-electron chi connectivity index (χ2n) is 7.78. The average molecular weight is 551 g/mol. The molecule has 9 heteroatoms. The molecule has 1 aromatic heterocycles. The van der Waals surface area contributed by atoms with E-state index in [4.69, 9.17) is 9.47 Å². The summed E-state index contributed by atoms with van der Waals surface area (Å²) in [6.45, 7) is 0. The first-order chi connectivity index (χ1) is 16.9. The molecule has 176 valence electrons. The summed E-state index contributed by atoms with van der Waals surface area (Å²) in [5.41, 5.74) is 1.73. The number of rotatable bonds is 5. The van der Waals surface area contributed by atoms with Gasteiger partial charge in [-0.05, 0) is 60.2 Å². The van der Waals surface area contributed by atoms with E-state index < -0.39 is 17.7 Å². The van der Waals surface area contributed by atoms with Crippen molar-refractivity contribution < 1.29 is 24.2 Å². The summed E-state index contributed by atoms with van der Waals surface area (Å²) < 4.78 is 12.1. The normalized spacial score (nSPS) is 17.2. The lowest BCUT2D eigenvalue weighted by Gasteiger charge is -2.23. The first-order valence-corrected chi connectivity index (χ1v) is 12.2. The number of hydrogen-bond acceptors (Lipinski definition) is 7. The van der Waals surface area contributed by atoms with Crippen molar-refractivity contribution in [1.82, 2.24) is 4.98 Å². The first-order valence-electron chi connectivity index (χ1n) is 10.6. The molecule has 1 fully saturated rings. The van der Waals surface area contributed by atoms with Gasteiger partial charge < -0.3 is 14.6 Å². The molecule has 0 radical (unpaired) electrons. The van der Waals surface area contributed by atoms with Crippen LogP contribution in [0.25, 0.3) is 16.0 Å². The van der Waals surface area contributed by atoms with Crippen LogP contribution < -0.4 is 14.4 Å². The predicted molar refractivity (Wildman–Crippen MR) is 138 cm³/mol. The largest absolute Gasteiger partial charge is 0.507 e. The lowest BCUT2D eigenvalue weighted by molar-refractivity contribution is -0.132. The average Bonchev–Trinajstić information content (AvgIpc) is 3.41. The molecular weight excluding hydrogens is 532 g/mol. The molecule has 4 aromatic rings. The fraction of sp³-hybridized carbons (Fsp3) is 0.115. The molecule has 3 aromatic carbocycles. The van der Waals surface area contributed by atoms with Crippen molar-refractivity contribution in [1.29, 1.82) is 0 Å². The maximum Gasteiger partial charge on any atom is 0.301 e. The fourth-order valence-corrected chi connectivity index (χ4v) is 5.49. The number of carbonyl (C=O) groups excluding carboxylic acids is 2. The van der Waals surface area contributed by atoms with Crippen LogP contribution in [0.5, 0.6) is 11.5 Å². The van der Waals surface area contributed by atoms with Crippen molar-refractivity contribution >= 4 is 60.1 Å². The zero-order valence-electron chi connectivity index (χ0n) is 18.7. The summed E-state index contributed by atoms with van der Waals surface area (Å²) in [6.07, 6.45) is 0. The summed E-state index contributed by atoms with van der Waals surface area (Å²) in [7, 11) is 3.12. The summed E-state index contributed by atoms with van der Waals surface area (Å²) in [5, 5.41) is 11.6. The number of Topliss-reactive ketones (excluding diaryl/α,β-unsaturated/α-hetero) is 1. The molecule has 1 aliphatic heterocycles. The van der Waals surface area contributed by atoms with E-state index in [-0.39, 0.29) is 11.3 Å². The maximum atomic E-state index is 13.4. The van der Waals surface area contributed by atoms with Crippen molar-refractivity contribution in [3.8, 4) is 11.5 Å². The van der Waals surface area contributed by atoms with E-state index in [1.54, 1.807) is 50.6 Å². The molecule has 1 unspecified atom stereocenters. The first kappa shape index (κ1) is 23.1. The van der Waals surface area contributed by atoms with Crippen LogP contribution in [0.3, 0.4) is 0 Å². The highest BCUT2D eigenvalue weighted by atomic mass is 79.9. The van der Waals surface area contributed by atoms with Crippen molar-refractivity contribution in [2.24, 2.45) is 0 Å². The van der Waals surface area contributed by atoms with Crippen LogP contribution in [0.1, 0.15) is 17.2 Å². The Morgan fingerprint density at radius 3 is 2.40 bits per heavy atom. The van der Waals surface area contributed by atoms with E-state index in [1.165, 1.54) is 16.2 Å². The van der Waals surface area contributed by atoms with Crippen molar-refractivity contribution in [2.45, 2.75) is 6.04 Å². The van der Waals surface area contributed by atoms with Gasteiger partial charge in [0.25, 0.3) is 5.78 Å². The van der Waals surface area contributed by atoms with Gasteiger partial charge in [0.15, 0.2) is 5.13 Å². The number of halogens is 1. The zero-order chi connectivity index (χ0) is 24.7. The van der Waals surface area contributed by atoms with Crippen LogP contribution in [-0.4, -0.2) is 36.0 Å². The van der Waals surface area contributed by atoms with Crippen LogP contribution in [0, 0.1) is 0 Å². The van der Waals surface area contributed by atoms with Crippen LogP contribution in [0.15, 0.2) is 76.8 Å². The molecule has 1 N–H and O–H groups in total. The molecule has 0 saturated carbocycles. The van der Waals surface area contributed by atoms with E-state index in [0.717, 1.165) is 9.17 Å². The summed E-state index contributed by atoms with van der Waals surface area (Å²) in [4.78, 5) is 32.7. The van der Waals surface area contributed by atoms with E-state index in [0.29, 0.717) is 33.3 Å². The molecule has 0 spiro atoms. The Balaban J connectivity index is 1.70. The molecular formula is C26H19BrN2O5S. The number of thiazole rings is 1. The number of nitrogens with zero attached hydrogens (tertiary/aromatic N) is 2. The number of amides is 1. The maximum absolute atomic E-state index is 13.4. The topological polar surface area (TPSA) is 89.0 Å². The number of fused-ring (bicyclic) bond motifs is 1.